The van der Waals surface area contributed by atoms with Crippen LogP contribution in [-0.2, 0) is 6.42 Å². The van der Waals surface area contributed by atoms with Gasteiger partial charge in [0.15, 0.2) is 0 Å². The fourth-order valence-corrected chi connectivity index (χ4v) is 2.85. The first-order valence-corrected chi connectivity index (χ1v) is 8.18. The summed E-state index contributed by atoms with van der Waals surface area (Å²) in [5.41, 5.74) is 2.34. The summed E-state index contributed by atoms with van der Waals surface area (Å²) in [7, 11) is 0. The molecule has 0 bridgehead atoms. The second kappa shape index (κ2) is 7.39. The zero-order valence-electron chi connectivity index (χ0n) is 13.2. The molecule has 0 saturated carbocycles. The lowest BCUT2D eigenvalue weighted by Gasteiger charge is -2.11. The summed E-state index contributed by atoms with van der Waals surface area (Å²) >= 11 is 0. The van der Waals surface area contributed by atoms with Crippen molar-refractivity contribution in [2.75, 3.05) is 6.54 Å². The largest absolute Gasteiger partial charge is 0.274 e. The van der Waals surface area contributed by atoms with Gasteiger partial charge in [0.2, 0.25) is 0 Å². The van der Waals surface area contributed by atoms with Crippen molar-refractivity contribution in [3.05, 3.63) is 34.9 Å². The third-order valence-corrected chi connectivity index (χ3v) is 4.05. The molecule has 1 heterocycles. The Morgan fingerprint density at radius 3 is 2.29 bits per heavy atom. The third-order valence-electron chi connectivity index (χ3n) is 4.05. The van der Waals surface area contributed by atoms with Crippen molar-refractivity contribution in [1.29, 1.82) is 0 Å². The molecule has 0 N–H and O–H groups in total. The van der Waals surface area contributed by atoms with Crippen molar-refractivity contribution >= 4 is 11.8 Å². The maximum Gasteiger partial charge on any atom is 0.261 e. The maximum atomic E-state index is 12.3. The van der Waals surface area contributed by atoms with E-state index in [0.29, 0.717) is 17.7 Å². The molecule has 0 aliphatic carbocycles. The number of nitrogens with zero attached hydrogens (tertiary/aromatic N) is 1. The molecule has 1 aromatic rings. The van der Waals surface area contributed by atoms with Crippen molar-refractivity contribution in [3.8, 4) is 0 Å². The van der Waals surface area contributed by atoms with Gasteiger partial charge in [-0.15, -0.1) is 0 Å². The van der Waals surface area contributed by atoms with Gasteiger partial charge >= 0.3 is 0 Å². The quantitative estimate of drug-likeness (QED) is 0.530. The molecule has 0 unspecified atom stereocenters. The van der Waals surface area contributed by atoms with E-state index >= 15 is 0 Å². The summed E-state index contributed by atoms with van der Waals surface area (Å²) in [6, 6.07) is 5.75. The molecular formula is C18H25NO2. The number of aryl methyl sites for hydroxylation is 1. The molecule has 114 valence electrons. The Morgan fingerprint density at radius 1 is 0.857 bits per heavy atom. The van der Waals surface area contributed by atoms with Crippen LogP contribution in [0.3, 0.4) is 0 Å². The van der Waals surface area contributed by atoms with Gasteiger partial charge in [0.1, 0.15) is 0 Å². The molecule has 1 aromatic carbocycles. The Kier molecular flexibility index (Phi) is 5.54. The Balaban J connectivity index is 2.01. The summed E-state index contributed by atoms with van der Waals surface area (Å²) in [4.78, 5) is 25.8. The average molecular weight is 287 g/mol. The number of fused-ring (bicyclic) bond motifs is 1. The minimum atomic E-state index is -0.133. The van der Waals surface area contributed by atoms with Gasteiger partial charge in [-0.3, -0.25) is 14.5 Å². The lowest BCUT2D eigenvalue weighted by Crippen LogP contribution is -2.30. The summed E-state index contributed by atoms with van der Waals surface area (Å²) in [5.74, 6) is -0.254. The highest BCUT2D eigenvalue weighted by atomic mass is 16.2. The highest BCUT2D eigenvalue weighted by Crippen LogP contribution is 2.24. The summed E-state index contributed by atoms with van der Waals surface area (Å²) in [6.07, 6.45) is 8.01. The van der Waals surface area contributed by atoms with E-state index in [1.165, 1.54) is 36.1 Å². The van der Waals surface area contributed by atoms with E-state index < -0.39 is 0 Å². The Labute approximate surface area is 127 Å². The van der Waals surface area contributed by atoms with E-state index in [4.69, 9.17) is 0 Å². The third kappa shape index (κ3) is 3.52. The number of benzene rings is 1. The van der Waals surface area contributed by atoms with Gasteiger partial charge in [-0.05, 0) is 37.0 Å². The lowest BCUT2D eigenvalue weighted by molar-refractivity contribution is 0.0654. The van der Waals surface area contributed by atoms with Gasteiger partial charge < -0.3 is 0 Å². The van der Waals surface area contributed by atoms with Crippen LogP contribution in [0.2, 0.25) is 0 Å². The fraction of sp³-hybridized carbons (Fsp3) is 0.556. The molecule has 1 aliphatic rings. The Morgan fingerprint density at radius 2 is 1.57 bits per heavy atom. The number of unbranched alkanes of at least 4 members (excludes halogenated alkanes) is 4. The zero-order valence-corrected chi connectivity index (χ0v) is 13.2. The Bertz CT molecular complexity index is 522. The van der Waals surface area contributed by atoms with Crippen molar-refractivity contribution < 1.29 is 9.59 Å². The second-order valence-electron chi connectivity index (χ2n) is 5.81. The van der Waals surface area contributed by atoms with Crippen LogP contribution < -0.4 is 0 Å². The lowest BCUT2D eigenvalue weighted by atomic mass is 10.0. The molecule has 0 fully saturated rings. The molecule has 0 aromatic heterocycles. The molecule has 2 amide bonds. The van der Waals surface area contributed by atoms with Gasteiger partial charge in [-0.25, -0.2) is 0 Å². The molecule has 3 heteroatoms. The number of rotatable bonds is 8. The normalized spacial score (nSPS) is 13.9. The molecule has 0 radical (unpaired) electrons. The topological polar surface area (TPSA) is 37.4 Å². The Hall–Kier alpha value is -1.64. The van der Waals surface area contributed by atoms with Crippen molar-refractivity contribution in [2.45, 2.75) is 58.8 Å². The first kappa shape index (κ1) is 15.7. The first-order chi connectivity index (χ1) is 10.2. The van der Waals surface area contributed by atoms with Gasteiger partial charge in [-0.2, -0.15) is 0 Å². The zero-order chi connectivity index (χ0) is 15.2. The molecule has 2 rings (SSSR count). The minimum Gasteiger partial charge on any atom is -0.274 e. The van der Waals surface area contributed by atoms with Gasteiger partial charge in [-0.1, -0.05) is 45.6 Å². The molecular weight excluding hydrogens is 262 g/mol. The first-order valence-electron chi connectivity index (χ1n) is 8.18. The van der Waals surface area contributed by atoms with Crippen molar-refractivity contribution in [3.63, 3.8) is 0 Å². The highest BCUT2D eigenvalue weighted by molar-refractivity contribution is 6.21. The predicted octanol–water partition coefficient (Wildman–Crippen LogP) is 4.21. The van der Waals surface area contributed by atoms with Crippen LogP contribution in [0.15, 0.2) is 18.2 Å². The fourth-order valence-electron chi connectivity index (χ4n) is 2.85. The van der Waals surface area contributed by atoms with E-state index in [1.54, 1.807) is 0 Å². The number of amides is 2. The number of carbonyl (C=O) groups excluding carboxylic acids is 2. The smallest absolute Gasteiger partial charge is 0.261 e. The van der Waals surface area contributed by atoms with Crippen LogP contribution in [-0.4, -0.2) is 23.3 Å². The van der Waals surface area contributed by atoms with Gasteiger partial charge in [0, 0.05) is 6.54 Å². The summed E-state index contributed by atoms with van der Waals surface area (Å²) in [6.45, 7) is 4.70. The highest BCUT2D eigenvalue weighted by Gasteiger charge is 2.34. The van der Waals surface area contributed by atoms with Crippen LogP contribution in [0.1, 0.15) is 78.7 Å². The number of carbonyl (C=O) groups is 2. The summed E-state index contributed by atoms with van der Waals surface area (Å²) < 4.78 is 0. The van der Waals surface area contributed by atoms with Crippen LogP contribution >= 0.6 is 0 Å². The minimum absolute atomic E-state index is 0.121. The van der Waals surface area contributed by atoms with E-state index in [-0.39, 0.29) is 11.8 Å². The SMILES string of the molecule is CCCCCCCc1ccc2c(c1)C(=O)N(CCC)C2=O. The number of imide groups is 1. The van der Waals surface area contributed by atoms with Crippen molar-refractivity contribution in [1.82, 2.24) is 4.90 Å². The molecule has 0 spiro atoms. The molecule has 0 atom stereocenters. The van der Waals surface area contributed by atoms with E-state index in [0.717, 1.165) is 19.3 Å². The predicted molar refractivity (Wildman–Crippen MR) is 84.6 cm³/mol. The van der Waals surface area contributed by atoms with Crippen LogP contribution in [0, 0.1) is 0 Å². The number of hydrogen-bond acceptors (Lipinski definition) is 2. The molecule has 0 saturated heterocycles. The average Bonchev–Trinajstić information content (AvgIpc) is 2.72. The molecule has 21 heavy (non-hydrogen) atoms. The summed E-state index contributed by atoms with van der Waals surface area (Å²) in [5, 5.41) is 0. The standard InChI is InChI=1S/C18H25NO2/c1-3-5-6-7-8-9-14-10-11-15-16(13-14)18(21)19(12-4-2)17(15)20/h10-11,13H,3-9,12H2,1-2H3. The van der Waals surface area contributed by atoms with Crippen LogP contribution in [0.25, 0.3) is 0 Å². The van der Waals surface area contributed by atoms with E-state index in [9.17, 15) is 9.59 Å². The monoisotopic (exact) mass is 287 g/mol. The molecule has 3 nitrogen and oxygen atoms in total. The number of hydrogen-bond donors (Lipinski definition) is 0. The van der Waals surface area contributed by atoms with Gasteiger partial charge in [0.05, 0.1) is 11.1 Å². The molecule has 1 aliphatic heterocycles. The van der Waals surface area contributed by atoms with Gasteiger partial charge in [0.25, 0.3) is 11.8 Å². The second-order valence-corrected chi connectivity index (χ2v) is 5.81. The van der Waals surface area contributed by atoms with Crippen LogP contribution in [0.5, 0.6) is 0 Å². The maximum absolute atomic E-state index is 12.3. The van der Waals surface area contributed by atoms with Crippen molar-refractivity contribution in [2.24, 2.45) is 0 Å². The van der Waals surface area contributed by atoms with E-state index in [1.807, 2.05) is 25.1 Å². The van der Waals surface area contributed by atoms with Crippen LogP contribution in [0.4, 0.5) is 0 Å². The van der Waals surface area contributed by atoms with E-state index in [2.05, 4.69) is 6.92 Å².